The number of rotatable bonds is 11. The lowest BCUT2D eigenvalue weighted by molar-refractivity contribution is -0.137. The Morgan fingerprint density at radius 1 is 0.969 bits per heavy atom. The molecule has 170 valence electrons. The van der Waals surface area contributed by atoms with Gasteiger partial charge < -0.3 is 20.1 Å². The fraction of sp³-hybridized carbons (Fsp3) is 0.400. The highest BCUT2D eigenvalue weighted by Gasteiger charge is 2.48. The van der Waals surface area contributed by atoms with Crippen molar-refractivity contribution in [3.63, 3.8) is 0 Å². The van der Waals surface area contributed by atoms with Crippen LogP contribution in [0.25, 0.3) is 0 Å². The first-order valence-corrected chi connectivity index (χ1v) is 11.0. The van der Waals surface area contributed by atoms with Gasteiger partial charge in [0.15, 0.2) is 0 Å². The minimum atomic E-state index is -1.05. The Morgan fingerprint density at radius 3 is 2.28 bits per heavy atom. The second-order valence-corrected chi connectivity index (χ2v) is 8.18. The summed E-state index contributed by atoms with van der Waals surface area (Å²) >= 11 is 0. The molecule has 32 heavy (non-hydrogen) atoms. The third-order valence-corrected chi connectivity index (χ3v) is 5.73. The van der Waals surface area contributed by atoms with Gasteiger partial charge >= 0.3 is 12.1 Å². The van der Waals surface area contributed by atoms with E-state index in [2.05, 4.69) is 5.32 Å². The number of nitrogens with one attached hydrogen (secondary N) is 1. The summed E-state index contributed by atoms with van der Waals surface area (Å²) in [5.74, 6) is -0.918. The van der Waals surface area contributed by atoms with E-state index in [0.29, 0.717) is 32.4 Å². The number of carbonyl (C=O) groups is 3. The van der Waals surface area contributed by atoms with Gasteiger partial charge in [-0.15, -0.1) is 0 Å². The van der Waals surface area contributed by atoms with Crippen LogP contribution in [0, 0.1) is 0 Å². The molecular weight excluding hydrogens is 408 g/mol. The van der Waals surface area contributed by atoms with E-state index in [1.807, 2.05) is 60.7 Å². The van der Waals surface area contributed by atoms with Crippen molar-refractivity contribution in [2.75, 3.05) is 13.1 Å². The molecule has 1 aliphatic rings. The van der Waals surface area contributed by atoms with E-state index in [1.165, 1.54) is 0 Å². The number of benzene rings is 2. The predicted octanol–water partition coefficient (Wildman–Crippen LogP) is 3.77. The zero-order valence-electron chi connectivity index (χ0n) is 18.2. The van der Waals surface area contributed by atoms with Crippen LogP contribution < -0.4 is 5.32 Å². The quantitative estimate of drug-likeness (QED) is 0.521. The van der Waals surface area contributed by atoms with E-state index in [9.17, 15) is 14.4 Å². The Kier molecular flexibility index (Phi) is 8.25. The van der Waals surface area contributed by atoms with E-state index in [-0.39, 0.29) is 18.9 Å². The molecule has 1 fully saturated rings. The fourth-order valence-electron chi connectivity index (χ4n) is 4.03. The van der Waals surface area contributed by atoms with Gasteiger partial charge in [0.05, 0.1) is 0 Å². The Morgan fingerprint density at radius 2 is 1.62 bits per heavy atom. The van der Waals surface area contributed by atoms with Crippen molar-refractivity contribution in [3.05, 3.63) is 71.8 Å². The van der Waals surface area contributed by atoms with Crippen molar-refractivity contribution in [2.45, 2.75) is 50.7 Å². The molecule has 2 aromatic rings. The molecule has 7 heteroatoms. The normalized spacial score (nSPS) is 17.9. The number of carboxylic acid groups (broad SMARTS) is 1. The van der Waals surface area contributed by atoms with Crippen LogP contribution in [0.5, 0.6) is 0 Å². The average molecular weight is 439 g/mol. The van der Waals surface area contributed by atoms with Crippen LogP contribution >= 0.6 is 0 Å². The van der Waals surface area contributed by atoms with Crippen LogP contribution in [-0.4, -0.2) is 46.6 Å². The fourth-order valence-corrected chi connectivity index (χ4v) is 4.03. The molecule has 1 unspecified atom stereocenters. The van der Waals surface area contributed by atoms with Crippen molar-refractivity contribution >= 4 is 18.0 Å². The van der Waals surface area contributed by atoms with Crippen molar-refractivity contribution in [2.24, 2.45) is 0 Å². The smallest absolute Gasteiger partial charge is 0.408 e. The molecule has 1 atom stereocenters. The topological polar surface area (TPSA) is 95.9 Å². The molecule has 0 aliphatic carbocycles. The largest absolute Gasteiger partial charge is 0.481 e. The first kappa shape index (κ1) is 23.3. The molecule has 3 rings (SSSR count). The van der Waals surface area contributed by atoms with Crippen LogP contribution in [-0.2, 0) is 27.4 Å². The zero-order valence-corrected chi connectivity index (χ0v) is 18.2. The number of hydrogen-bond acceptors (Lipinski definition) is 4. The monoisotopic (exact) mass is 438 g/mol. The summed E-state index contributed by atoms with van der Waals surface area (Å²) in [6.07, 6.45) is 2.49. The summed E-state index contributed by atoms with van der Waals surface area (Å²) in [5, 5.41) is 11.6. The van der Waals surface area contributed by atoms with E-state index in [4.69, 9.17) is 9.84 Å². The number of nitrogens with zero attached hydrogens (tertiary/aromatic N) is 1. The van der Waals surface area contributed by atoms with Crippen LogP contribution in [0.15, 0.2) is 60.7 Å². The summed E-state index contributed by atoms with van der Waals surface area (Å²) in [6.45, 7) is 1.23. The van der Waals surface area contributed by atoms with Gasteiger partial charge in [-0.2, -0.15) is 0 Å². The summed E-state index contributed by atoms with van der Waals surface area (Å²) in [7, 11) is 0. The summed E-state index contributed by atoms with van der Waals surface area (Å²) < 4.78 is 5.40. The van der Waals surface area contributed by atoms with Crippen molar-refractivity contribution in [1.82, 2.24) is 10.2 Å². The first-order chi connectivity index (χ1) is 15.5. The second kappa shape index (κ2) is 11.3. The molecule has 7 nitrogen and oxygen atoms in total. The number of alkyl carbamates (subject to hydrolysis) is 1. The van der Waals surface area contributed by atoms with Gasteiger partial charge in [0.25, 0.3) is 0 Å². The summed E-state index contributed by atoms with van der Waals surface area (Å²) in [4.78, 5) is 38.4. The lowest BCUT2D eigenvalue weighted by Gasteiger charge is -2.29. The second-order valence-electron chi connectivity index (χ2n) is 8.18. The number of carboxylic acids is 1. The third kappa shape index (κ3) is 6.57. The number of carbonyl (C=O) groups excluding carboxylic acids is 2. The molecular formula is C25H30N2O5. The number of amides is 2. The average Bonchev–Trinajstić information content (AvgIpc) is 3.08. The van der Waals surface area contributed by atoms with Crippen LogP contribution in [0.4, 0.5) is 4.79 Å². The van der Waals surface area contributed by atoms with Crippen molar-refractivity contribution < 1.29 is 24.2 Å². The molecule has 1 heterocycles. The van der Waals surface area contributed by atoms with E-state index < -0.39 is 17.6 Å². The molecule has 0 radical (unpaired) electrons. The van der Waals surface area contributed by atoms with Gasteiger partial charge in [0.2, 0.25) is 5.91 Å². The van der Waals surface area contributed by atoms with Gasteiger partial charge in [0, 0.05) is 25.9 Å². The molecule has 2 amide bonds. The SMILES string of the molecule is O=C(O)CCCCCN1CCC(Cc2ccccc2)(NC(=O)OCc2ccccc2)C1=O. The predicted molar refractivity (Wildman–Crippen MR) is 120 cm³/mol. The molecule has 1 saturated heterocycles. The van der Waals surface area contributed by atoms with Crippen LogP contribution in [0.3, 0.4) is 0 Å². The maximum absolute atomic E-state index is 13.4. The zero-order chi connectivity index (χ0) is 22.8. The number of unbranched alkanes of at least 4 members (excludes halogenated alkanes) is 2. The summed E-state index contributed by atoms with van der Waals surface area (Å²) in [6, 6.07) is 19.0. The minimum absolute atomic E-state index is 0.115. The number of aliphatic carboxylic acids is 1. The highest BCUT2D eigenvalue weighted by atomic mass is 16.5. The van der Waals surface area contributed by atoms with Gasteiger partial charge in [0.1, 0.15) is 12.1 Å². The molecule has 1 aliphatic heterocycles. The molecule has 2 aromatic carbocycles. The van der Waals surface area contributed by atoms with E-state index in [0.717, 1.165) is 24.0 Å². The lowest BCUT2D eigenvalue weighted by atomic mass is 9.89. The molecule has 0 bridgehead atoms. The Hall–Kier alpha value is -3.35. The van der Waals surface area contributed by atoms with Crippen LogP contribution in [0.2, 0.25) is 0 Å². The molecule has 0 saturated carbocycles. The van der Waals surface area contributed by atoms with Crippen molar-refractivity contribution in [3.8, 4) is 0 Å². The minimum Gasteiger partial charge on any atom is -0.481 e. The Bertz CT molecular complexity index is 903. The van der Waals surface area contributed by atoms with Gasteiger partial charge in [-0.3, -0.25) is 9.59 Å². The Balaban J connectivity index is 1.63. The van der Waals surface area contributed by atoms with Crippen LogP contribution in [0.1, 0.15) is 43.2 Å². The molecule has 0 spiro atoms. The molecule has 0 aromatic heterocycles. The highest BCUT2D eigenvalue weighted by molar-refractivity contribution is 5.92. The van der Waals surface area contributed by atoms with Gasteiger partial charge in [-0.25, -0.2) is 4.79 Å². The number of ether oxygens (including phenoxy) is 1. The van der Waals surface area contributed by atoms with E-state index >= 15 is 0 Å². The van der Waals surface area contributed by atoms with Gasteiger partial charge in [-0.05, 0) is 30.4 Å². The maximum Gasteiger partial charge on any atom is 0.408 e. The highest BCUT2D eigenvalue weighted by Crippen LogP contribution is 2.28. The first-order valence-electron chi connectivity index (χ1n) is 11.0. The molecule has 2 N–H and O–H groups in total. The van der Waals surface area contributed by atoms with Gasteiger partial charge in [-0.1, -0.05) is 67.1 Å². The third-order valence-electron chi connectivity index (χ3n) is 5.73. The Labute approximate surface area is 188 Å². The number of likely N-dealkylation sites (tertiary alicyclic amines) is 1. The standard InChI is InChI=1S/C25H30N2O5/c28-22(29)14-8-3-9-16-27-17-15-25(23(27)30,18-20-10-4-1-5-11-20)26-24(31)32-19-21-12-6-2-7-13-21/h1-2,4-7,10-13H,3,8-9,14-19H2,(H,26,31)(H,28,29). The maximum atomic E-state index is 13.4. The van der Waals surface area contributed by atoms with E-state index in [1.54, 1.807) is 4.90 Å². The number of hydrogen-bond donors (Lipinski definition) is 2. The lowest BCUT2D eigenvalue weighted by Crippen LogP contribution is -2.55. The summed E-state index contributed by atoms with van der Waals surface area (Å²) in [5.41, 5.74) is 0.795. The van der Waals surface area contributed by atoms with Crippen molar-refractivity contribution in [1.29, 1.82) is 0 Å².